The molecule has 0 unspecified atom stereocenters. The van der Waals surface area contributed by atoms with E-state index in [1.165, 1.54) is 0 Å². The van der Waals surface area contributed by atoms with Gasteiger partial charge in [0.25, 0.3) is 8.32 Å². The highest BCUT2D eigenvalue weighted by molar-refractivity contribution is 7.98. The van der Waals surface area contributed by atoms with Gasteiger partial charge < -0.3 is 28.8 Å². The molecule has 0 saturated heterocycles. The topological polar surface area (TPSA) is 116 Å². The van der Waals surface area contributed by atoms with E-state index in [0.29, 0.717) is 69.6 Å². The summed E-state index contributed by atoms with van der Waals surface area (Å²) in [4.78, 5) is 18.8. The van der Waals surface area contributed by atoms with Crippen LogP contribution in [0.25, 0.3) is 0 Å². The Morgan fingerprint density at radius 3 is 2.59 bits per heavy atom. The third-order valence-corrected chi connectivity index (χ3v) is 14.4. The van der Waals surface area contributed by atoms with Gasteiger partial charge in [0.15, 0.2) is 5.82 Å². The Bertz CT molecular complexity index is 1230. The summed E-state index contributed by atoms with van der Waals surface area (Å²) in [5, 5.41) is 17.3. The number of thioether (sulfide) groups is 1. The normalized spacial score (nSPS) is 19.7. The molecule has 3 rings (SSSR count). The quantitative estimate of drug-likeness (QED) is 0.210. The molecular weight excluding hydrogens is 579 g/mol. The van der Waals surface area contributed by atoms with Crippen LogP contribution in [0.4, 0.5) is 0 Å². The van der Waals surface area contributed by atoms with Crippen LogP contribution in [0, 0.1) is 25.7 Å². The zero-order chi connectivity index (χ0) is 30.5. The fourth-order valence-corrected chi connectivity index (χ4v) is 8.33. The van der Waals surface area contributed by atoms with Crippen molar-refractivity contribution in [3.05, 3.63) is 34.5 Å². The van der Waals surface area contributed by atoms with Crippen molar-refractivity contribution in [3.63, 3.8) is 0 Å². The van der Waals surface area contributed by atoms with Crippen LogP contribution in [0.1, 0.15) is 79.8 Å². The average Bonchev–Trinajstić information content (AvgIpc) is 3.34. The molecule has 12 heteroatoms. The number of benzene rings is 1. The number of methoxy groups -OCH3 is 1. The largest absolute Gasteiger partial charge is 0.543 e. The average molecular weight is 624 g/mol. The molecule has 0 aliphatic carbocycles. The number of hydrogen-bond acceptors (Lipinski definition) is 10. The minimum Gasteiger partial charge on any atom is -0.543 e. The number of cyclic esters (lactones) is 1. The van der Waals surface area contributed by atoms with Crippen molar-refractivity contribution in [1.29, 1.82) is 0 Å². The summed E-state index contributed by atoms with van der Waals surface area (Å²) < 4.78 is 24.0. The Morgan fingerprint density at radius 1 is 1.29 bits per heavy atom. The van der Waals surface area contributed by atoms with Gasteiger partial charge in [0, 0.05) is 41.2 Å². The molecule has 1 aromatic carbocycles. The van der Waals surface area contributed by atoms with E-state index in [1.807, 2.05) is 13.0 Å². The maximum absolute atomic E-state index is 13.7. The number of esters is 1. The number of aromatic nitrogens is 2. The zero-order valence-corrected chi connectivity index (χ0v) is 28.4. The standard InChI is InChI=1S/C29H45N3O6S2Si/c1-17(2)29(5,6)41(8,9)38-24-12-23(35-7)18(3)26-21(24)15-40-16-22(27-30-19(4)32-37-27)31-25(39)11-10-20(13-33)14-36-28(26)34/h12,17,20,22,33H,10-11,13-16H2,1-9H3,(H,31,39)/t20-,22-/m0/s1. The molecule has 0 fully saturated rings. The van der Waals surface area contributed by atoms with Gasteiger partial charge >= 0.3 is 5.97 Å². The van der Waals surface area contributed by atoms with Gasteiger partial charge in [-0.25, -0.2) is 4.79 Å². The van der Waals surface area contributed by atoms with E-state index >= 15 is 0 Å². The predicted molar refractivity (Wildman–Crippen MR) is 168 cm³/mol. The van der Waals surface area contributed by atoms with Crippen LogP contribution in [0.2, 0.25) is 18.1 Å². The third-order valence-electron chi connectivity index (χ3n) is 8.59. The number of thiocarbonyl (C=S) groups is 1. The molecule has 1 aromatic heterocycles. The van der Waals surface area contributed by atoms with Crippen LogP contribution in [0.5, 0.6) is 11.5 Å². The molecule has 41 heavy (non-hydrogen) atoms. The van der Waals surface area contributed by atoms with Gasteiger partial charge in [-0.15, -0.1) is 0 Å². The lowest BCUT2D eigenvalue weighted by Gasteiger charge is -2.43. The number of ether oxygens (including phenoxy) is 2. The van der Waals surface area contributed by atoms with Crippen LogP contribution >= 0.6 is 24.0 Å². The Labute approximate surface area is 254 Å². The van der Waals surface area contributed by atoms with Crippen molar-refractivity contribution in [1.82, 2.24) is 15.5 Å². The molecule has 0 radical (unpaired) electrons. The van der Waals surface area contributed by atoms with Crippen molar-refractivity contribution < 1.29 is 28.3 Å². The number of aliphatic hydroxyl groups excluding tert-OH is 1. The SMILES string of the molecule is COc1cc(O[Si](C)(C)C(C)(C)C(C)C)c2c(c1C)C(=O)OC[C@H](CO)CCC(=S)N[C@H](c1nc(C)no1)CSC2. The van der Waals surface area contributed by atoms with Crippen LogP contribution < -0.4 is 14.5 Å². The molecule has 0 amide bonds. The van der Waals surface area contributed by atoms with E-state index in [4.69, 9.17) is 30.6 Å². The molecule has 1 aliphatic rings. The minimum absolute atomic E-state index is 0.0535. The van der Waals surface area contributed by atoms with Gasteiger partial charge in [-0.2, -0.15) is 16.7 Å². The molecular formula is C29H45N3O6S2Si. The summed E-state index contributed by atoms with van der Waals surface area (Å²) in [6.45, 7) is 16.9. The lowest BCUT2D eigenvalue weighted by Crippen LogP contribution is -2.48. The van der Waals surface area contributed by atoms with Gasteiger partial charge in [-0.3, -0.25) is 0 Å². The van der Waals surface area contributed by atoms with Crippen LogP contribution in [0.15, 0.2) is 10.6 Å². The van der Waals surface area contributed by atoms with Gasteiger partial charge in [0.1, 0.15) is 17.5 Å². The second-order valence-electron chi connectivity index (χ2n) is 12.0. The second kappa shape index (κ2) is 13.9. The number of aliphatic hydroxyl groups is 1. The Hall–Kier alpha value is -2.15. The number of nitrogens with one attached hydrogen (secondary N) is 1. The van der Waals surface area contributed by atoms with Crippen molar-refractivity contribution in [2.45, 2.75) is 84.3 Å². The van der Waals surface area contributed by atoms with Crippen LogP contribution in [-0.4, -0.2) is 60.6 Å². The lowest BCUT2D eigenvalue weighted by molar-refractivity contribution is 0.0377. The van der Waals surface area contributed by atoms with Gasteiger partial charge in [-0.05, 0) is 50.7 Å². The molecule has 0 saturated carbocycles. The number of hydrogen-bond donors (Lipinski definition) is 2. The van der Waals surface area contributed by atoms with Gasteiger partial charge in [0.2, 0.25) is 5.89 Å². The van der Waals surface area contributed by atoms with E-state index in [2.05, 4.69) is 56.2 Å². The Morgan fingerprint density at radius 2 is 2.00 bits per heavy atom. The molecule has 2 aromatic rings. The van der Waals surface area contributed by atoms with Gasteiger partial charge in [-0.1, -0.05) is 45.1 Å². The van der Waals surface area contributed by atoms with E-state index in [0.717, 1.165) is 5.56 Å². The molecule has 9 nitrogen and oxygen atoms in total. The fraction of sp³-hybridized carbons (Fsp3) is 0.655. The predicted octanol–water partition coefficient (Wildman–Crippen LogP) is 6.17. The van der Waals surface area contributed by atoms with Crippen LogP contribution in [-0.2, 0) is 10.5 Å². The Balaban J connectivity index is 2.11. The van der Waals surface area contributed by atoms with Crippen molar-refractivity contribution in [2.24, 2.45) is 11.8 Å². The first kappa shape index (κ1) is 33.4. The first-order chi connectivity index (χ1) is 19.2. The first-order valence-corrected chi connectivity index (χ1v) is 18.5. The smallest absolute Gasteiger partial charge is 0.338 e. The summed E-state index contributed by atoms with van der Waals surface area (Å²) in [5.74, 6) is 2.92. The van der Waals surface area contributed by atoms with Crippen LogP contribution in [0.3, 0.4) is 0 Å². The monoisotopic (exact) mass is 623 g/mol. The van der Waals surface area contributed by atoms with Crippen molar-refractivity contribution in [2.75, 3.05) is 26.1 Å². The molecule has 2 atom stereocenters. The molecule has 1 aliphatic heterocycles. The summed E-state index contributed by atoms with van der Waals surface area (Å²) >= 11 is 7.24. The number of carbonyl (C=O) groups excluding carboxylic acids is 1. The molecule has 228 valence electrons. The highest BCUT2D eigenvalue weighted by Gasteiger charge is 2.45. The summed E-state index contributed by atoms with van der Waals surface area (Å²) in [6.07, 6.45) is 1.08. The maximum Gasteiger partial charge on any atom is 0.338 e. The maximum atomic E-state index is 13.7. The number of fused-ring (bicyclic) bond motifs is 1. The summed E-state index contributed by atoms with van der Waals surface area (Å²) in [6, 6.07) is 1.59. The third kappa shape index (κ3) is 7.82. The zero-order valence-electron chi connectivity index (χ0n) is 25.8. The molecule has 0 bridgehead atoms. The highest BCUT2D eigenvalue weighted by atomic mass is 32.2. The minimum atomic E-state index is -2.36. The van der Waals surface area contributed by atoms with E-state index in [9.17, 15) is 9.90 Å². The van der Waals surface area contributed by atoms with E-state index in [-0.39, 0.29) is 30.2 Å². The second-order valence-corrected chi connectivity index (χ2v) is 18.1. The van der Waals surface area contributed by atoms with Gasteiger partial charge in [0.05, 0.1) is 24.3 Å². The highest BCUT2D eigenvalue weighted by Crippen LogP contribution is 2.47. The van der Waals surface area contributed by atoms with Crippen molar-refractivity contribution in [3.8, 4) is 11.5 Å². The number of nitrogens with zero attached hydrogens (tertiary/aromatic N) is 2. The van der Waals surface area contributed by atoms with E-state index < -0.39 is 14.3 Å². The Kier molecular flexibility index (Phi) is 11.3. The number of rotatable bonds is 7. The molecule has 2 N–H and O–H groups in total. The number of aryl methyl sites for hydroxylation is 1. The molecule has 0 spiro atoms. The number of carbonyl (C=O) groups is 1. The summed E-state index contributed by atoms with van der Waals surface area (Å²) in [5.41, 5.74) is 1.90. The first-order valence-electron chi connectivity index (χ1n) is 14.1. The van der Waals surface area contributed by atoms with E-state index in [1.54, 1.807) is 25.8 Å². The summed E-state index contributed by atoms with van der Waals surface area (Å²) in [7, 11) is -0.763. The van der Waals surface area contributed by atoms with Crippen molar-refractivity contribution >= 4 is 43.3 Å². The molecule has 2 heterocycles. The lowest BCUT2D eigenvalue weighted by atomic mass is 9.99. The fourth-order valence-electron chi connectivity index (χ4n) is 4.61.